The van der Waals surface area contributed by atoms with Crippen molar-refractivity contribution >= 4 is 10.0 Å². The first-order valence-corrected chi connectivity index (χ1v) is 8.12. The van der Waals surface area contributed by atoms with Crippen molar-refractivity contribution in [2.45, 2.75) is 25.0 Å². The van der Waals surface area contributed by atoms with Crippen LogP contribution in [0.25, 0.3) is 0 Å². The third-order valence-corrected chi connectivity index (χ3v) is 4.31. The number of nitrogens with one attached hydrogen (secondary N) is 2. The summed E-state index contributed by atoms with van der Waals surface area (Å²) >= 11 is 0. The molecular formula is C13H19N5O2S. The van der Waals surface area contributed by atoms with Gasteiger partial charge in [-0.05, 0) is 18.2 Å². The third-order valence-electron chi connectivity index (χ3n) is 2.99. The molecule has 0 amide bonds. The molecular weight excluding hydrogens is 290 g/mol. The van der Waals surface area contributed by atoms with Gasteiger partial charge in [0, 0.05) is 32.2 Å². The van der Waals surface area contributed by atoms with Crippen molar-refractivity contribution in [1.29, 1.82) is 0 Å². The maximum absolute atomic E-state index is 12.1. The van der Waals surface area contributed by atoms with Gasteiger partial charge in [-0.1, -0.05) is 13.0 Å². The zero-order valence-electron chi connectivity index (χ0n) is 12.1. The van der Waals surface area contributed by atoms with E-state index in [1.165, 1.54) is 6.07 Å². The molecule has 2 rings (SSSR count). The minimum atomic E-state index is -3.63. The fourth-order valence-corrected chi connectivity index (χ4v) is 2.65. The van der Waals surface area contributed by atoms with Crippen molar-refractivity contribution in [3.8, 4) is 0 Å². The van der Waals surface area contributed by atoms with E-state index in [1.807, 2.05) is 14.0 Å². The molecule has 0 aliphatic heterocycles. The first-order chi connectivity index (χ1) is 10.0. The Bertz CT molecular complexity index is 679. The molecule has 0 saturated heterocycles. The number of rotatable bonds is 7. The number of sulfonamides is 1. The van der Waals surface area contributed by atoms with Gasteiger partial charge in [-0.2, -0.15) is 0 Å². The Kier molecular flexibility index (Phi) is 5.05. The van der Waals surface area contributed by atoms with Crippen molar-refractivity contribution in [1.82, 2.24) is 24.6 Å². The molecule has 7 nitrogen and oxygen atoms in total. The predicted octanol–water partition coefficient (Wildman–Crippen LogP) is 0.403. The van der Waals surface area contributed by atoms with Gasteiger partial charge >= 0.3 is 0 Å². The van der Waals surface area contributed by atoms with Crippen LogP contribution in [0.2, 0.25) is 0 Å². The van der Waals surface area contributed by atoms with Crippen LogP contribution in [-0.2, 0) is 30.2 Å². The Hall–Kier alpha value is -1.77. The van der Waals surface area contributed by atoms with Gasteiger partial charge in [0.2, 0.25) is 0 Å². The number of aryl methyl sites for hydroxylation is 1. The maximum atomic E-state index is 12.1. The van der Waals surface area contributed by atoms with Crippen molar-refractivity contribution in [2.24, 2.45) is 7.05 Å². The van der Waals surface area contributed by atoms with Crippen LogP contribution in [0.5, 0.6) is 0 Å². The highest BCUT2D eigenvalue weighted by Gasteiger charge is 2.16. The average Bonchev–Trinajstić information content (AvgIpc) is 2.89. The molecule has 2 aromatic heterocycles. The molecule has 21 heavy (non-hydrogen) atoms. The summed E-state index contributed by atoms with van der Waals surface area (Å²) in [5, 5.41) is 3.17. The van der Waals surface area contributed by atoms with Gasteiger partial charge in [0.15, 0.2) is 5.03 Å². The summed E-state index contributed by atoms with van der Waals surface area (Å²) < 4.78 is 28.5. The molecule has 0 unspecified atom stereocenters. The van der Waals surface area contributed by atoms with Crippen molar-refractivity contribution < 1.29 is 8.42 Å². The molecule has 0 saturated carbocycles. The van der Waals surface area contributed by atoms with E-state index in [1.54, 1.807) is 29.2 Å². The number of pyridine rings is 1. The molecule has 8 heteroatoms. The Labute approximate surface area is 124 Å². The SMILES string of the molecule is CCNCc1ccc(S(=O)(=O)NCc2nccn2C)nc1. The van der Waals surface area contributed by atoms with E-state index in [2.05, 4.69) is 20.0 Å². The Morgan fingerprint density at radius 1 is 1.24 bits per heavy atom. The normalized spacial score (nSPS) is 11.7. The Morgan fingerprint density at radius 2 is 2.05 bits per heavy atom. The van der Waals surface area contributed by atoms with E-state index in [9.17, 15) is 8.42 Å². The largest absolute Gasteiger partial charge is 0.337 e. The second kappa shape index (κ2) is 6.79. The molecule has 0 spiro atoms. The molecule has 2 heterocycles. The minimum absolute atomic E-state index is 0.0111. The van der Waals surface area contributed by atoms with E-state index >= 15 is 0 Å². The van der Waals surface area contributed by atoms with Crippen LogP contribution in [0.3, 0.4) is 0 Å². The van der Waals surface area contributed by atoms with Crippen LogP contribution in [-0.4, -0.2) is 29.5 Å². The molecule has 0 atom stereocenters. The molecule has 0 aliphatic rings. The molecule has 114 valence electrons. The average molecular weight is 309 g/mol. The highest BCUT2D eigenvalue weighted by Crippen LogP contribution is 2.07. The summed E-state index contributed by atoms with van der Waals surface area (Å²) in [4.78, 5) is 8.08. The van der Waals surface area contributed by atoms with Crippen molar-refractivity contribution in [3.63, 3.8) is 0 Å². The first-order valence-electron chi connectivity index (χ1n) is 6.64. The molecule has 2 N–H and O–H groups in total. The van der Waals surface area contributed by atoms with Gasteiger partial charge in [-0.15, -0.1) is 0 Å². The summed E-state index contributed by atoms with van der Waals surface area (Å²) in [5.74, 6) is 0.641. The van der Waals surface area contributed by atoms with Gasteiger partial charge in [0.05, 0.1) is 6.54 Å². The predicted molar refractivity (Wildman–Crippen MR) is 78.9 cm³/mol. The highest BCUT2D eigenvalue weighted by molar-refractivity contribution is 7.89. The van der Waals surface area contributed by atoms with E-state index in [0.717, 1.165) is 12.1 Å². The van der Waals surface area contributed by atoms with E-state index < -0.39 is 10.0 Å². The minimum Gasteiger partial charge on any atom is -0.337 e. The topological polar surface area (TPSA) is 88.9 Å². The quantitative estimate of drug-likeness (QED) is 0.773. The Morgan fingerprint density at radius 3 is 2.62 bits per heavy atom. The lowest BCUT2D eigenvalue weighted by atomic mass is 10.3. The van der Waals surface area contributed by atoms with E-state index in [0.29, 0.717) is 12.4 Å². The van der Waals surface area contributed by atoms with E-state index in [4.69, 9.17) is 0 Å². The monoisotopic (exact) mass is 309 g/mol. The number of nitrogens with zero attached hydrogens (tertiary/aromatic N) is 3. The molecule has 0 fully saturated rings. The molecule has 2 aromatic rings. The van der Waals surface area contributed by atoms with Gasteiger partial charge in [-0.3, -0.25) is 0 Å². The second-order valence-corrected chi connectivity index (χ2v) is 6.28. The number of hydrogen-bond acceptors (Lipinski definition) is 5. The zero-order valence-corrected chi connectivity index (χ0v) is 12.9. The summed E-state index contributed by atoms with van der Waals surface area (Å²) in [6, 6.07) is 3.26. The summed E-state index contributed by atoms with van der Waals surface area (Å²) in [6.07, 6.45) is 4.95. The molecule has 0 aromatic carbocycles. The van der Waals surface area contributed by atoms with Crippen LogP contribution in [0.1, 0.15) is 18.3 Å². The van der Waals surface area contributed by atoms with Gasteiger partial charge in [-0.25, -0.2) is 23.1 Å². The fraction of sp³-hybridized carbons (Fsp3) is 0.385. The Balaban J connectivity index is 2.03. The number of aromatic nitrogens is 3. The molecule has 0 bridgehead atoms. The lowest BCUT2D eigenvalue weighted by Crippen LogP contribution is -2.25. The van der Waals surface area contributed by atoms with Gasteiger partial charge in [0.1, 0.15) is 5.82 Å². The third kappa shape index (κ3) is 4.10. The highest BCUT2D eigenvalue weighted by atomic mass is 32.2. The van der Waals surface area contributed by atoms with Gasteiger partial charge in [0.25, 0.3) is 10.0 Å². The van der Waals surface area contributed by atoms with Crippen LogP contribution in [0.15, 0.2) is 35.7 Å². The van der Waals surface area contributed by atoms with Crippen LogP contribution >= 0.6 is 0 Å². The standard InChI is InChI=1S/C13H19N5O2S/c1-3-14-8-11-4-5-13(16-9-11)21(19,20)17-10-12-15-6-7-18(12)2/h4-7,9,14,17H,3,8,10H2,1-2H3. The van der Waals surface area contributed by atoms with Crippen molar-refractivity contribution in [3.05, 3.63) is 42.1 Å². The molecule has 0 aliphatic carbocycles. The van der Waals surface area contributed by atoms with Crippen LogP contribution < -0.4 is 10.0 Å². The smallest absolute Gasteiger partial charge is 0.258 e. The van der Waals surface area contributed by atoms with Crippen LogP contribution in [0.4, 0.5) is 0 Å². The summed E-state index contributed by atoms with van der Waals surface area (Å²) in [7, 11) is -1.82. The fourth-order valence-electron chi connectivity index (χ4n) is 1.74. The maximum Gasteiger partial charge on any atom is 0.258 e. The van der Waals surface area contributed by atoms with Gasteiger partial charge < -0.3 is 9.88 Å². The van der Waals surface area contributed by atoms with Crippen LogP contribution in [0, 0.1) is 0 Å². The van der Waals surface area contributed by atoms with Crippen molar-refractivity contribution in [2.75, 3.05) is 6.54 Å². The zero-order chi connectivity index (χ0) is 15.3. The first kappa shape index (κ1) is 15.6. The second-order valence-electron chi connectivity index (χ2n) is 4.56. The summed E-state index contributed by atoms with van der Waals surface area (Å²) in [6.45, 7) is 3.66. The number of hydrogen-bond donors (Lipinski definition) is 2. The number of imidazole rings is 1. The lowest BCUT2D eigenvalue weighted by Gasteiger charge is -2.07. The lowest BCUT2D eigenvalue weighted by molar-refractivity contribution is 0.573. The molecule has 0 radical (unpaired) electrons. The van der Waals surface area contributed by atoms with E-state index in [-0.39, 0.29) is 11.6 Å². The summed E-state index contributed by atoms with van der Waals surface area (Å²) in [5.41, 5.74) is 0.944.